The lowest BCUT2D eigenvalue weighted by Crippen LogP contribution is -2.32. The summed E-state index contributed by atoms with van der Waals surface area (Å²) >= 11 is 0. The summed E-state index contributed by atoms with van der Waals surface area (Å²) in [5, 5.41) is 0. The number of methoxy groups -OCH3 is 1. The number of benzene rings is 2. The number of imidazole rings is 1. The molecule has 0 radical (unpaired) electrons. The van der Waals surface area contributed by atoms with Crippen molar-refractivity contribution in [3.63, 3.8) is 0 Å². The Morgan fingerprint density at radius 1 is 1.14 bits per heavy atom. The third kappa shape index (κ3) is 3.00. The van der Waals surface area contributed by atoms with Crippen molar-refractivity contribution in [3.05, 3.63) is 46.1 Å². The third-order valence-electron chi connectivity index (χ3n) is 5.21. The molecule has 0 saturated heterocycles. The van der Waals surface area contributed by atoms with Crippen molar-refractivity contribution < 1.29 is 22.3 Å². The first-order valence-corrected chi connectivity index (χ1v) is 11.2. The van der Waals surface area contributed by atoms with Gasteiger partial charge in [-0.2, -0.15) is 0 Å². The summed E-state index contributed by atoms with van der Waals surface area (Å²) in [6.45, 7) is 2.20. The van der Waals surface area contributed by atoms with Gasteiger partial charge in [-0.1, -0.05) is 0 Å². The van der Waals surface area contributed by atoms with Crippen LogP contribution in [0.25, 0.3) is 22.2 Å². The van der Waals surface area contributed by atoms with Crippen LogP contribution in [0, 0.1) is 5.82 Å². The number of aromatic nitrogens is 2. The van der Waals surface area contributed by atoms with Crippen molar-refractivity contribution in [1.82, 2.24) is 9.13 Å². The van der Waals surface area contributed by atoms with E-state index >= 15 is 0 Å². The van der Waals surface area contributed by atoms with Gasteiger partial charge in [0.2, 0.25) is 0 Å². The van der Waals surface area contributed by atoms with Crippen LogP contribution in [-0.2, 0) is 16.9 Å². The number of sulfone groups is 1. The van der Waals surface area contributed by atoms with Crippen LogP contribution in [0.4, 0.5) is 4.39 Å². The standard InChI is InChI=1S/C20H21FN2O5S/c1-5-28-18-9-13-12(8-17(18)27-3)14-6-11(21)7-15-19(14)23(20(24)22(15)2)16(13)10-29(4,25)26/h6-9,16H,5,10H2,1-4H3/t16-/m0/s1. The Morgan fingerprint density at radius 2 is 1.86 bits per heavy atom. The Balaban J connectivity index is 2.16. The maximum absolute atomic E-state index is 14.4. The molecule has 3 aromatic rings. The Hall–Kier alpha value is -2.81. The fourth-order valence-electron chi connectivity index (χ4n) is 4.05. The largest absolute Gasteiger partial charge is 0.493 e. The Kier molecular flexibility index (Phi) is 4.45. The number of hydrogen-bond donors (Lipinski definition) is 0. The van der Waals surface area contributed by atoms with E-state index in [0.717, 1.165) is 6.26 Å². The van der Waals surface area contributed by atoms with E-state index in [1.165, 1.54) is 28.4 Å². The molecule has 0 amide bonds. The fraction of sp³-hybridized carbons (Fsp3) is 0.350. The molecule has 1 aromatic heterocycles. The van der Waals surface area contributed by atoms with Crippen LogP contribution >= 0.6 is 0 Å². The zero-order chi connectivity index (χ0) is 21.1. The van der Waals surface area contributed by atoms with Gasteiger partial charge in [0.25, 0.3) is 0 Å². The molecule has 0 fully saturated rings. The minimum Gasteiger partial charge on any atom is -0.493 e. The van der Waals surface area contributed by atoms with Crippen molar-refractivity contribution in [1.29, 1.82) is 0 Å². The monoisotopic (exact) mass is 420 g/mol. The molecule has 7 nitrogen and oxygen atoms in total. The van der Waals surface area contributed by atoms with Gasteiger partial charge < -0.3 is 9.47 Å². The maximum Gasteiger partial charge on any atom is 0.329 e. The summed E-state index contributed by atoms with van der Waals surface area (Å²) < 4.78 is 52.7. The molecule has 2 aromatic carbocycles. The van der Waals surface area contributed by atoms with Gasteiger partial charge in [-0.25, -0.2) is 17.6 Å². The molecular formula is C20H21FN2O5S. The number of halogens is 1. The predicted octanol–water partition coefficient (Wildman–Crippen LogP) is 2.50. The Labute approximate surface area is 167 Å². The lowest BCUT2D eigenvalue weighted by molar-refractivity contribution is 0.310. The van der Waals surface area contributed by atoms with E-state index in [0.29, 0.717) is 45.8 Å². The first kappa shape index (κ1) is 19.5. The van der Waals surface area contributed by atoms with Gasteiger partial charge in [0.15, 0.2) is 11.5 Å². The van der Waals surface area contributed by atoms with E-state index in [1.807, 2.05) is 6.92 Å². The highest BCUT2D eigenvalue weighted by Gasteiger charge is 2.34. The smallest absolute Gasteiger partial charge is 0.329 e. The highest BCUT2D eigenvalue weighted by Crippen LogP contribution is 2.46. The summed E-state index contributed by atoms with van der Waals surface area (Å²) in [6, 6.07) is 5.27. The molecule has 0 N–H and O–H groups in total. The van der Waals surface area contributed by atoms with Gasteiger partial charge in [-0.3, -0.25) is 9.13 Å². The van der Waals surface area contributed by atoms with Crippen molar-refractivity contribution in [2.75, 3.05) is 25.7 Å². The molecule has 2 heterocycles. The molecule has 1 aliphatic heterocycles. The lowest BCUT2D eigenvalue weighted by atomic mass is 9.90. The van der Waals surface area contributed by atoms with E-state index in [2.05, 4.69) is 0 Å². The molecule has 0 unspecified atom stereocenters. The van der Waals surface area contributed by atoms with Crippen LogP contribution in [0.3, 0.4) is 0 Å². The summed E-state index contributed by atoms with van der Waals surface area (Å²) in [5.41, 5.74) is 2.22. The van der Waals surface area contributed by atoms with Gasteiger partial charge in [-0.05, 0) is 42.3 Å². The zero-order valence-electron chi connectivity index (χ0n) is 16.5. The minimum atomic E-state index is -3.44. The van der Waals surface area contributed by atoms with Crippen LogP contribution in [0.5, 0.6) is 11.5 Å². The third-order valence-corrected chi connectivity index (χ3v) is 6.13. The predicted molar refractivity (Wildman–Crippen MR) is 108 cm³/mol. The first-order chi connectivity index (χ1) is 13.7. The molecule has 0 spiro atoms. The molecule has 4 rings (SSSR count). The maximum atomic E-state index is 14.4. The molecule has 0 aliphatic carbocycles. The topological polar surface area (TPSA) is 79.5 Å². The van der Waals surface area contributed by atoms with Crippen molar-refractivity contribution in [3.8, 4) is 22.6 Å². The van der Waals surface area contributed by atoms with E-state index in [1.54, 1.807) is 19.2 Å². The SMILES string of the molecule is CCOc1cc2c(cc1OC)-c1cc(F)cc3c1n(c(=O)n3C)[C@H]2CS(C)(=O)=O. The van der Waals surface area contributed by atoms with Crippen LogP contribution in [0.15, 0.2) is 29.1 Å². The number of rotatable bonds is 5. The second-order valence-corrected chi connectivity index (χ2v) is 9.35. The van der Waals surface area contributed by atoms with Crippen LogP contribution < -0.4 is 15.2 Å². The molecule has 9 heteroatoms. The van der Waals surface area contributed by atoms with Gasteiger partial charge in [-0.15, -0.1) is 0 Å². The quantitative estimate of drug-likeness (QED) is 0.634. The molecule has 1 atom stereocenters. The van der Waals surface area contributed by atoms with Crippen LogP contribution in [0.2, 0.25) is 0 Å². The van der Waals surface area contributed by atoms with E-state index < -0.39 is 27.4 Å². The highest BCUT2D eigenvalue weighted by atomic mass is 32.2. The number of aryl methyl sites for hydroxylation is 1. The zero-order valence-corrected chi connectivity index (χ0v) is 17.3. The van der Waals surface area contributed by atoms with Gasteiger partial charge in [0.05, 0.1) is 36.5 Å². The van der Waals surface area contributed by atoms with Crippen LogP contribution in [-0.4, -0.2) is 43.3 Å². The van der Waals surface area contributed by atoms with Crippen molar-refractivity contribution in [2.24, 2.45) is 7.05 Å². The van der Waals surface area contributed by atoms with E-state index in [9.17, 15) is 17.6 Å². The number of nitrogens with zero attached hydrogens (tertiary/aromatic N) is 2. The van der Waals surface area contributed by atoms with E-state index in [4.69, 9.17) is 9.47 Å². The summed E-state index contributed by atoms with van der Waals surface area (Å²) in [7, 11) is -0.391. The average molecular weight is 420 g/mol. The number of ether oxygens (including phenoxy) is 2. The second-order valence-electron chi connectivity index (χ2n) is 7.16. The van der Waals surface area contributed by atoms with Crippen molar-refractivity contribution in [2.45, 2.75) is 13.0 Å². The van der Waals surface area contributed by atoms with E-state index in [-0.39, 0.29) is 5.75 Å². The molecule has 154 valence electrons. The average Bonchev–Trinajstić information content (AvgIpc) is 2.89. The highest BCUT2D eigenvalue weighted by molar-refractivity contribution is 7.90. The molecule has 29 heavy (non-hydrogen) atoms. The van der Waals surface area contributed by atoms with Gasteiger partial charge in [0, 0.05) is 18.9 Å². The summed E-state index contributed by atoms with van der Waals surface area (Å²) in [5.74, 6) is 0.133. The van der Waals surface area contributed by atoms with Crippen LogP contribution in [0.1, 0.15) is 18.5 Å². The fourth-order valence-corrected chi connectivity index (χ4v) is 4.95. The molecule has 1 aliphatic rings. The van der Waals surface area contributed by atoms with Crippen molar-refractivity contribution >= 4 is 20.9 Å². The Bertz CT molecular complexity index is 1310. The minimum absolute atomic E-state index is 0.270. The number of hydrogen-bond acceptors (Lipinski definition) is 5. The summed E-state index contributed by atoms with van der Waals surface area (Å²) in [6.07, 6.45) is 1.13. The second kappa shape index (κ2) is 6.62. The Morgan fingerprint density at radius 3 is 2.48 bits per heavy atom. The normalized spacial score (nSPS) is 15.4. The summed E-state index contributed by atoms with van der Waals surface area (Å²) in [4.78, 5) is 13.0. The molecule has 0 saturated carbocycles. The van der Waals surface area contributed by atoms with Gasteiger partial charge in [0.1, 0.15) is 15.7 Å². The lowest BCUT2D eigenvalue weighted by Gasteiger charge is -2.28. The molecule has 0 bridgehead atoms. The van der Waals surface area contributed by atoms with Gasteiger partial charge >= 0.3 is 5.69 Å². The number of fused-ring (bicyclic) bond motifs is 2. The first-order valence-electron chi connectivity index (χ1n) is 9.09. The molecular weight excluding hydrogens is 399 g/mol.